The molecule has 4 heterocycles. The molecule has 2 aliphatic heterocycles. The van der Waals surface area contributed by atoms with E-state index in [-0.39, 0.29) is 13.0 Å². The lowest BCUT2D eigenvalue weighted by Gasteiger charge is -2.34. The molecule has 5 rings (SSSR count). The molecule has 3 N–H and O–H groups in total. The number of rotatable bonds is 10. The van der Waals surface area contributed by atoms with Crippen LogP contribution in [-0.2, 0) is 20.7 Å². The highest BCUT2D eigenvalue weighted by molar-refractivity contribution is 5.79. The molecule has 10 heteroatoms. The van der Waals surface area contributed by atoms with Crippen LogP contribution in [0.15, 0.2) is 12.1 Å². The van der Waals surface area contributed by atoms with E-state index in [9.17, 15) is 14.7 Å². The smallest absolute Gasteiger partial charge is 0.308 e. The van der Waals surface area contributed by atoms with Crippen LogP contribution >= 0.6 is 0 Å². The van der Waals surface area contributed by atoms with Crippen molar-refractivity contribution < 1.29 is 19.4 Å². The maximum Gasteiger partial charge on any atom is 0.308 e. The third kappa shape index (κ3) is 6.82. The zero-order valence-electron chi connectivity index (χ0n) is 23.7. The van der Waals surface area contributed by atoms with Crippen molar-refractivity contribution in [3.8, 4) is 0 Å². The maximum absolute atomic E-state index is 12.4. The summed E-state index contributed by atoms with van der Waals surface area (Å²) in [5, 5.41) is 16.4. The molecule has 0 unspecified atom stereocenters. The Labute approximate surface area is 236 Å². The number of hydrogen-bond donors (Lipinski definition) is 3. The summed E-state index contributed by atoms with van der Waals surface area (Å²) in [5.74, 6) is 1.59. The van der Waals surface area contributed by atoms with Crippen LogP contribution in [0, 0.1) is 25.7 Å². The first-order chi connectivity index (χ1) is 19.4. The number of anilines is 3. The normalized spacial score (nSPS) is 18.6. The summed E-state index contributed by atoms with van der Waals surface area (Å²) in [7, 11) is 0. The van der Waals surface area contributed by atoms with Gasteiger partial charge in [-0.3, -0.25) is 9.59 Å². The van der Waals surface area contributed by atoms with Crippen LogP contribution in [0.3, 0.4) is 0 Å². The standard InChI is InChI=1S/C30H42N6O4/c1-19-27(32-17-24(30(38)39)16-26(37)40-18-21-6-3-4-7-21)33-20(2)34-29(19)36-14-11-22(12-15-36)25-10-9-23-8-5-13-31-28(23)35-25/h9-10,21-22,24H,3-8,11-18H2,1-2H3,(H,31,35)(H,38,39)(H,32,33,34)/t24-/m0/s1. The number of fused-ring (bicyclic) bond motifs is 1. The Balaban J connectivity index is 1.18. The summed E-state index contributed by atoms with van der Waals surface area (Å²) in [5.41, 5.74) is 3.35. The van der Waals surface area contributed by atoms with Gasteiger partial charge in [0, 0.05) is 43.4 Å². The number of carbonyl (C=O) groups excluding carboxylic acids is 1. The van der Waals surface area contributed by atoms with Crippen LogP contribution in [0.2, 0.25) is 0 Å². The van der Waals surface area contributed by atoms with Gasteiger partial charge in [-0.1, -0.05) is 18.9 Å². The van der Waals surface area contributed by atoms with Gasteiger partial charge >= 0.3 is 11.9 Å². The fourth-order valence-corrected chi connectivity index (χ4v) is 6.17. The quantitative estimate of drug-likeness (QED) is 0.364. The Morgan fingerprint density at radius 1 is 1.10 bits per heavy atom. The fourth-order valence-electron chi connectivity index (χ4n) is 6.17. The number of aliphatic carboxylic acids is 1. The number of pyridine rings is 1. The molecule has 0 bridgehead atoms. The van der Waals surface area contributed by atoms with Crippen molar-refractivity contribution >= 4 is 29.4 Å². The van der Waals surface area contributed by atoms with E-state index >= 15 is 0 Å². The van der Waals surface area contributed by atoms with Crippen molar-refractivity contribution in [3.05, 3.63) is 34.8 Å². The molecule has 216 valence electrons. The van der Waals surface area contributed by atoms with E-state index in [0.717, 1.165) is 81.1 Å². The zero-order chi connectivity index (χ0) is 28.1. The lowest BCUT2D eigenvalue weighted by atomic mass is 9.92. The first-order valence-corrected chi connectivity index (χ1v) is 14.8. The van der Waals surface area contributed by atoms with Crippen LogP contribution in [0.5, 0.6) is 0 Å². The molecule has 2 fully saturated rings. The Morgan fingerprint density at radius 3 is 2.62 bits per heavy atom. The number of carboxylic acids is 1. The maximum atomic E-state index is 12.4. The molecule has 1 atom stereocenters. The molecule has 0 amide bonds. The first kappa shape index (κ1) is 28.1. The molecular formula is C30H42N6O4. The molecule has 1 saturated heterocycles. The molecule has 1 saturated carbocycles. The molecule has 0 spiro atoms. The number of ether oxygens (including phenoxy) is 1. The molecule has 0 radical (unpaired) electrons. The van der Waals surface area contributed by atoms with Gasteiger partial charge in [0.1, 0.15) is 23.3 Å². The molecule has 1 aliphatic carbocycles. The second-order valence-electron chi connectivity index (χ2n) is 11.6. The van der Waals surface area contributed by atoms with Gasteiger partial charge in [0.25, 0.3) is 0 Å². The number of nitrogens with one attached hydrogen (secondary N) is 2. The van der Waals surface area contributed by atoms with Gasteiger partial charge in [-0.25, -0.2) is 15.0 Å². The minimum Gasteiger partial charge on any atom is -0.481 e. The van der Waals surface area contributed by atoms with Crippen molar-refractivity contribution in [1.82, 2.24) is 15.0 Å². The summed E-state index contributed by atoms with van der Waals surface area (Å²) in [6.07, 6.45) is 8.56. The van der Waals surface area contributed by atoms with E-state index in [1.165, 1.54) is 18.4 Å². The molecular weight excluding hydrogens is 508 g/mol. The van der Waals surface area contributed by atoms with Crippen LogP contribution in [-0.4, -0.2) is 64.8 Å². The van der Waals surface area contributed by atoms with Crippen molar-refractivity contribution in [1.29, 1.82) is 0 Å². The van der Waals surface area contributed by atoms with Crippen LogP contribution in [0.1, 0.15) is 79.9 Å². The zero-order valence-corrected chi connectivity index (χ0v) is 23.7. The largest absolute Gasteiger partial charge is 0.481 e. The lowest BCUT2D eigenvalue weighted by Crippen LogP contribution is -2.35. The molecule has 0 aromatic carbocycles. The van der Waals surface area contributed by atoms with Gasteiger partial charge in [0.2, 0.25) is 0 Å². The predicted molar refractivity (Wildman–Crippen MR) is 154 cm³/mol. The summed E-state index contributed by atoms with van der Waals surface area (Å²) in [4.78, 5) is 40.8. The minimum atomic E-state index is -1.03. The van der Waals surface area contributed by atoms with Crippen molar-refractivity contribution in [2.45, 2.75) is 77.6 Å². The number of aryl methyl sites for hydroxylation is 2. The van der Waals surface area contributed by atoms with Crippen LogP contribution < -0.4 is 15.5 Å². The highest BCUT2D eigenvalue weighted by atomic mass is 16.5. The molecule has 40 heavy (non-hydrogen) atoms. The van der Waals surface area contributed by atoms with Crippen LogP contribution in [0.25, 0.3) is 0 Å². The van der Waals surface area contributed by atoms with Crippen LogP contribution in [0.4, 0.5) is 17.5 Å². The number of aromatic nitrogens is 3. The number of piperidine rings is 1. The Morgan fingerprint density at radius 2 is 1.88 bits per heavy atom. The monoisotopic (exact) mass is 550 g/mol. The van der Waals surface area contributed by atoms with E-state index in [4.69, 9.17) is 14.7 Å². The van der Waals surface area contributed by atoms with E-state index in [2.05, 4.69) is 32.7 Å². The Bertz CT molecular complexity index is 1210. The van der Waals surface area contributed by atoms with E-state index in [1.807, 2.05) is 13.8 Å². The van der Waals surface area contributed by atoms with Gasteiger partial charge in [0.05, 0.1) is 18.9 Å². The number of carboxylic acid groups (broad SMARTS) is 1. The fraction of sp³-hybridized carbons (Fsp3) is 0.633. The average molecular weight is 551 g/mol. The second kappa shape index (κ2) is 12.8. The number of carbonyl (C=O) groups is 2. The number of esters is 1. The van der Waals surface area contributed by atoms with E-state index in [1.54, 1.807) is 0 Å². The number of nitrogens with zero attached hydrogens (tertiary/aromatic N) is 4. The topological polar surface area (TPSA) is 130 Å². The summed E-state index contributed by atoms with van der Waals surface area (Å²) < 4.78 is 5.40. The van der Waals surface area contributed by atoms with E-state index in [0.29, 0.717) is 30.1 Å². The lowest BCUT2D eigenvalue weighted by molar-refractivity contribution is -0.152. The first-order valence-electron chi connectivity index (χ1n) is 14.8. The highest BCUT2D eigenvalue weighted by Gasteiger charge is 2.27. The number of hydrogen-bond acceptors (Lipinski definition) is 9. The SMILES string of the molecule is Cc1nc(NC[C@H](CC(=O)OCC2CCCC2)C(=O)O)c(C)c(N2CCC(c3ccc4c(n3)NCCC4)CC2)n1. The summed E-state index contributed by atoms with van der Waals surface area (Å²) in [6.45, 7) is 7.00. The van der Waals surface area contributed by atoms with Crippen molar-refractivity contribution in [2.24, 2.45) is 11.8 Å². The average Bonchev–Trinajstić information content (AvgIpc) is 3.49. The van der Waals surface area contributed by atoms with Gasteiger partial charge < -0.3 is 25.4 Å². The van der Waals surface area contributed by atoms with Gasteiger partial charge in [-0.05, 0) is 69.9 Å². The third-order valence-corrected chi connectivity index (χ3v) is 8.59. The molecule has 10 nitrogen and oxygen atoms in total. The van der Waals surface area contributed by atoms with Gasteiger partial charge in [-0.2, -0.15) is 0 Å². The molecule has 2 aromatic rings. The van der Waals surface area contributed by atoms with E-state index < -0.39 is 17.9 Å². The summed E-state index contributed by atoms with van der Waals surface area (Å²) in [6, 6.07) is 4.42. The molecule has 2 aromatic heterocycles. The van der Waals surface area contributed by atoms with Crippen molar-refractivity contribution in [3.63, 3.8) is 0 Å². The predicted octanol–water partition coefficient (Wildman–Crippen LogP) is 4.47. The Kier molecular flexibility index (Phi) is 9.01. The summed E-state index contributed by atoms with van der Waals surface area (Å²) >= 11 is 0. The van der Waals surface area contributed by atoms with Gasteiger partial charge in [0.15, 0.2) is 0 Å². The third-order valence-electron chi connectivity index (χ3n) is 8.59. The minimum absolute atomic E-state index is 0.0880. The van der Waals surface area contributed by atoms with Gasteiger partial charge in [-0.15, -0.1) is 0 Å². The molecule has 3 aliphatic rings. The highest BCUT2D eigenvalue weighted by Crippen LogP contribution is 2.33. The van der Waals surface area contributed by atoms with Crippen molar-refractivity contribution in [2.75, 3.05) is 48.3 Å². The second-order valence-corrected chi connectivity index (χ2v) is 11.6. The Hall–Kier alpha value is -3.43.